The number of hydrogen-bond acceptors (Lipinski definition) is 4. The predicted molar refractivity (Wildman–Crippen MR) is 105 cm³/mol. The van der Waals surface area contributed by atoms with Crippen LogP contribution in [-0.2, 0) is 10.5 Å². The van der Waals surface area contributed by atoms with Gasteiger partial charge in [0.2, 0.25) is 5.91 Å². The molecule has 1 atom stereocenters. The summed E-state index contributed by atoms with van der Waals surface area (Å²) in [6.07, 6.45) is 0. The van der Waals surface area contributed by atoms with Gasteiger partial charge in [0.15, 0.2) is 0 Å². The number of amides is 1. The third kappa shape index (κ3) is 4.65. The van der Waals surface area contributed by atoms with Gasteiger partial charge >= 0.3 is 0 Å². The van der Waals surface area contributed by atoms with Crippen LogP contribution >= 0.6 is 23.5 Å². The Bertz CT molecular complexity index is 731. The highest BCUT2D eigenvalue weighted by atomic mass is 32.2. The van der Waals surface area contributed by atoms with E-state index in [-0.39, 0.29) is 5.91 Å². The quantitative estimate of drug-likeness (QED) is 0.853. The molecule has 0 spiro atoms. The highest BCUT2D eigenvalue weighted by Crippen LogP contribution is 2.34. The van der Waals surface area contributed by atoms with E-state index in [1.807, 2.05) is 36.4 Å². The molecule has 1 aliphatic rings. The highest BCUT2D eigenvalue weighted by Gasteiger charge is 2.14. The van der Waals surface area contributed by atoms with Crippen LogP contribution in [0.1, 0.15) is 24.0 Å². The van der Waals surface area contributed by atoms with E-state index in [0.29, 0.717) is 18.2 Å². The topological polar surface area (TPSA) is 41.5 Å². The summed E-state index contributed by atoms with van der Waals surface area (Å²) < 4.78 is 0.972. The third-order valence-corrected chi connectivity index (χ3v) is 6.10. The maximum atomic E-state index is 12.1. The molecule has 3 rings (SSSR count). The summed E-state index contributed by atoms with van der Waals surface area (Å²) >= 11 is 3.22. The fraction of sp³-hybridized carbons (Fsp3) is 0.263. The fourth-order valence-corrected chi connectivity index (χ4v) is 4.32. The van der Waals surface area contributed by atoms with E-state index in [0.717, 1.165) is 15.8 Å². The maximum Gasteiger partial charge on any atom is 0.230 e. The van der Waals surface area contributed by atoms with Crippen LogP contribution in [0.5, 0.6) is 0 Å². The average Bonchev–Trinajstić information content (AvgIpc) is 2.65. The largest absolute Gasteiger partial charge is 0.355 e. The van der Waals surface area contributed by atoms with Gasteiger partial charge in [-0.1, -0.05) is 79.0 Å². The molecule has 0 unspecified atom stereocenters. The molecule has 1 N–H and O–H groups in total. The zero-order valence-electron chi connectivity index (χ0n) is 13.6. The van der Waals surface area contributed by atoms with Crippen LogP contribution in [0.15, 0.2) is 59.6 Å². The first-order valence-electron chi connectivity index (χ1n) is 7.96. The average molecular weight is 357 g/mol. The lowest BCUT2D eigenvalue weighted by atomic mass is 10.0. The van der Waals surface area contributed by atoms with E-state index in [1.165, 1.54) is 22.9 Å². The Hall–Kier alpha value is -1.72. The number of thioether (sulfide) groups is 2. The Kier molecular flexibility index (Phi) is 5.99. The van der Waals surface area contributed by atoms with Crippen LogP contribution in [0.4, 0.5) is 5.69 Å². The van der Waals surface area contributed by atoms with E-state index >= 15 is 0 Å². The van der Waals surface area contributed by atoms with Crippen molar-refractivity contribution >= 4 is 39.5 Å². The van der Waals surface area contributed by atoms with Crippen LogP contribution in [-0.4, -0.2) is 22.6 Å². The molecule has 24 heavy (non-hydrogen) atoms. The van der Waals surface area contributed by atoms with Crippen LogP contribution in [0.3, 0.4) is 0 Å². The second-order valence-corrected chi connectivity index (χ2v) is 7.89. The molecule has 0 fully saturated rings. The number of para-hydroxylation sites is 1. The van der Waals surface area contributed by atoms with Gasteiger partial charge in [-0.3, -0.25) is 4.79 Å². The number of fused-ring (bicyclic) bond motifs is 1. The molecule has 0 saturated heterocycles. The zero-order valence-corrected chi connectivity index (χ0v) is 15.2. The van der Waals surface area contributed by atoms with E-state index < -0.39 is 0 Å². The SMILES string of the molecule is C[C@H](CNC(=O)CSC1=Nc2ccccc2CS1)c1ccccc1. The second kappa shape index (κ2) is 8.40. The fourth-order valence-electron chi connectivity index (χ4n) is 2.43. The lowest BCUT2D eigenvalue weighted by molar-refractivity contribution is -0.118. The molecule has 1 amide bonds. The van der Waals surface area contributed by atoms with Gasteiger partial charge in [-0.2, -0.15) is 0 Å². The summed E-state index contributed by atoms with van der Waals surface area (Å²) in [6.45, 7) is 2.78. The summed E-state index contributed by atoms with van der Waals surface area (Å²) in [7, 11) is 0. The molecule has 0 radical (unpaired) electrons. The number of nitrogens with zero attached hydrogens (tertiary/aromatic N) is 1. The molecule has 124 valence electrons. The number of carbonyl (C=O) groups excluding carboxylic acids is 1. The molecular formula is C19H20N2OS2. The van der Waals surface area contributed by atoms with Gasteiger partial charge in [-0.15, -0.1) is 0 Å². The predicted octanol–water partition coefficient (Wildman–Crippen LogP) is 4.57. The molecule has 2 aromatic carbocycles. The Morgan fingerprint density at radius 1 is 1.21 bits per heavy atom. The summed E-state index contributed by atoms with van der Waals surface area (Å²) in [4.78, 5) is 16.7. The molecule has 2 aromatic rings. The minimum absolute atomic E-state index is 0.0601. The monoisotopic (exact) mass is 356 g/mol. The normalized spacial score (nSPS) is 14.5. The first-order valence-corrected chi connectivity index (χ1v) is 9.93. The molecule has 3 nitrogen and oxygen atoms in total. The number of benzene rings is 2. The number of nitrogens with one attached hydrogen (secondary N) is 1. The summed E-state index contributed by atoms with van der Waals surface area (Å²) in [5, 5.41) is 3.02. The van der Waals surface area contributed by atoms with Gasteiger partial charge in [-0.05, 0) is 23.1 Å². The van der Waals surface area contributed by atoms with Crippen molar-refractivity contribution in [1.82, 2.24) is 5.32 Å². The van der Waals surface area contributed by atoms with Gasteiger partial charge in [0.05, 0.1) is 11.4 Å². The Morgan fingerprint density at radius 3 is 2.79 bits per heavy atom. The number of aliphatic imine (C=N–C) groups is 1. The van der Waals surface area contributed by atoms with Crippen molar-refractivity contribution in [2.75, 3.05) is 12.3 Å². The smallest absolute Gasteiger partial charge is 0.230 e. The van der Waals surface area contributed by atoms with Crippen molar-refractivity contribution in [1.29, 1.82) is 0 Å². The molecule has 0 bridgehead atoms. The van der Waals surface area contributed by atoms with Crippen molar-refractivity contribution < 1.29 is 4.79 Å². The maximum absolute atomic E-state index is 12.1. The summed E-state index contributed by atoms with van der Waals surface area (Å²) in [5.41, 5.74) is 3.53. The molecule has 1 aliphatic heterocycles. The molecule has 0 saturated carbocycles. The lowest BCUT2D eigenvalue weighted by Crippen LogP contribution is -2.29. The zero-order chi connectivity index (χ0) is 16.8. The van der Waals surface area contributed by atoms with E-state index in [2.05, 4.69) is 35.4 Å². The van der Waals surface area contributed by atoms with Crippen LogP contribution in [0, 0.1) is 0 Å². The molecule has 5 heteroatoms. The Balaban J connectivity index is 1.46. The molecular weight excluding hydrogens is 336 g/mol. The lowest BCUT2D eigenvalue weighted by Gasteiger charge is -2.15. The van der Waals surface area contributed by atoms with Gasteiger partial charge in [0, 0.05) is 12.3 Å². The van der Waals surface area contributed by atoms with Crippen molar-refractivity contribution in [2.24, 2.45) is 4.99 Å². The molecule has 0 aliphatic carbocycles. The minimum Gasteiger partial charge on any atom is -0.355 e. The Labute approximate surface area is 151 Å². The van der Waals surface area contributed by atoms with Crippen molar-refractivity contribution in [2.45, 2.75) is 18.6 Å². The van der Waals surface area contributed by atoms with Gasteiger partial charge in [0.25, 0.3) is 0 Å². The van der Waals surface area contributed by atoms with E-state index in [4.69, 9.17) is 0 Å². The van der Waals surface area contributed by atoms with Gasteiger partial charge in [-0.25, -0.2) is 4.99 Å². The van der Waals surface area contributed by atoms with Crippen LogP contribution < -0.4 is 5.32 Å². The second-order valence-electron chi connectivity index (χ2n) is 5.70. The first-order chi connectivity index (χ1) is 11.7. The summed E-state index contributed by atoms with van der Waals surface area (Å²) in [6, 6.07) is 18.4. The van der Waals surface area contributed by atoms with Crippen molar-refractivity contribution in [3.05, 3.63) is 65.7 Å². The highest BCUT2D eigenvalue weighted by molar-refractivity contribution is 8.38. The van der Waals surface area contributed by atoms with Gasteiger partial charge in [0.1, 0.15) is 4.38 Å². The first kappa shape index (κ1) is 17.1. The van der Waals surface area contributed by atoms with E-state index in [9.17, 15) is 4.79 Å². The standard InChI is InChI=1S/C19H20N2OS2/c1-14(15-7-3-2-4-8-15)11-20-18(22)13-24-19-21-17-10-6-5-9-16(17)12-23-19/h2-10,14H,11-13H2,1H3,(H,20,22)/t14-/m1/s1. The third-order valence-electron chi connectivity index (χ3n) is 3.86. The number of hydrogen-bond donors (Lipinski definition) is 1. The summed E-state index contributed by atoms with van der Waals surface area (Å²) in [5.74, 6) is 1.71. The number of carbonyl (C=O) groups is 1. The van der Waals surface area contributed by atoms with Crippen LogP contribution in [0.25, 0.3) is 0 Å². The number of rotatable bonds is 5. The minimum atomic E-state index is 0.0601. The Morgan fingerprint density at radius 2 is 1.96 bits per heavy atom. The van der Waals surface area contributed by atoms with Crippen molar-refractivity contribution in [3.63, 3.8) is 0 Å². The molecule has 0 aromatic heterocycles. The van der Waals surface area contributed by atoms with E-state index in [1.54, 1.807) is 11.8 Å². The van der Waals surface area contributed by atoms with Crippen LogP contribution in [0.2, 0.25) is 0 Å². The van der Waals surface area contributed by atoms with Gasteiger partial charge < -0.3 is 5.32 Å². The molecule has 1 heterocycles. The van der Waals surface area contributed by atoms with Crippen molar-refractivity contribution in [3.8, 4) is 0 Å².